The molecule has 0 bridgehead atoms. The van der Waals surface area contributed by atoms with Gasteiger partial charge in [-0.05, 0) is 48.9 Å². The standard InChI is InChI=1S/C21H19ClN6O3/c1-2-31-17-9-7-16(8-10-17)24-18(29)12-27-13-23-20-19(21(27)30)25-26-28(20)11-14-3-5-15(22)6-4-14/h3-10,13H,2,11-12H2,1H3,(H,24,29). The van der Waals surface area contributed by atoms with Crippen molar-refractivity contribution in [2.45, 2.75) is 20.0 Å². The summed E-state index contributed by atoms with van der Waals surface area (Å²) in [6.45, 7) is 2.66. The van der Waals surface area contributed by atoms with E-state index in [1.54, 1.807) is 36.4 Å². The van der Waals surface area contributed by atoms with E-state index >= 15 is 0 Å². The third-order valence-corrected chi connectivity index (χ3v) is 4.75. The summed E-state index contributed by atoms with van der Waals surface area (Å²) in [5, 5.41) is 11.4. The minimum absolute atomic E-state index is 0.102. The number of rotatable bonds is 7. The first kappa shape index (κ1) is 20.5. The molecule has 9 nitrogen and oxygen atoms in total. The third kappa shape index (κ3) is 4.72. The lowest BCUT2D eigenvalue weighted by Gasteiger charge is -2.08. The van der Waals surface area contributed by atoms with E-state index in [0.29, 0.717) is 35.3 Å². The fourth-order valence-corrected chi connectivity index (χ4v) is 3.15. The maximum absolute atomic E-state index is 12.7. The number of carbonyl (C=O) groups is 1. The molecule has 1 amide bonds. The van der Waals surface area contributed by atoms with Crippen LogP contribution in [-0.4, -0.2) is 37.1 Å². The van der Waals surface area contributed by atoms with E-state index in [1.165, 1.54) is 15.6 Å². The van der Waals surface area contributed by atoms with Crippen molar-refractivity contribution < 1.29 is 9.53 Å². The summed E-state index contributed by atoms with van der Waals surface area (Å²) >= 11 is 5.91. The summed E-state index contributed by atoms with van der Waals surface area (Å²) < 4.78 is 8.11. The lowest BCUT2D eigenvalue weighted by molar-refractivity contribution is -0.116. The molecule has 0 unspecified atom stereocenters. The number of carbonyl (C=O) groups excluding carboxylic acids is 1. The summed E-state index contributed by atoms with van der Waals surface area (Å²) in [7, 11) is 0. The maximum Gasteiger partial charge on any atom is 0.283 e. The van der Waals surface area contributed by atoms with Crippen LogP contribution < -0.4 is 15.6 Å². The van der Waals surface area contributed by atoms with Crippen LogP contribution in [0.4, 0.5) is 5.69 Å². The van der Waals surface area contributed by atoms with Crippen LogP contribution in [0.15, 0.2) is 59.7 Å². The second-order valence-electron chi connectivity index (χ2n) is 6.73. The monoisotopic (exact) mass is 438 g/mol. The number of hydrogen-bond acceptors (Lipinski definition) is 6. The van der Waals surface area contributed by atoms with Crippen LogP contribution in [0.1, 0.15) is 12.5 Å². The van der Waals surface area contributed by atoms with Crippen LogP contribution in [-0.2, 0) is 17.9 Å². The number of benzene rings is 2. The molecule has 0 fully saturated rings. The van der Waals surface area contributed by atoms with Gasteiger partial charge in [0.05, 0.1) is 13.2 Å². The molecule has 0 aliphatic heterocycles. The van der Waals surface area contributed by atoms with Gasteiger partial charge in [-0.1, -0.05) is 28.9 Å². The highest BCUT2D eigenvalue weighted by Crippen LogP contribution is 2.16. The van der Waals surface area contributed by atoms with E-state index in [0.717, 1.165) is 5.56 Å². The Kier molecular flexibility index (Phi) is 5.94. The van der Waals surface area contributed by atoms with E-state index in [9.17, 15) is 9.59 Å². The third-order valence-electron chi connectivity index (χ3n) is 4.50. The molecule has 31 heavy (non-hydrogen) atoms. The molecule has 2 heterocycles. The van der Waals surface area contributed by atoms with Crippen molar-refractivity contribution in [2.24, 2.45) is 0 Å². The van der Waals surface area contributed by atoms with Crippen LogP contribution in [0.25, 0.3) is 11.2 Å². The van der Waals surface area contributed by atoms with E-state index in [4.69, 9.17) is 16.3 Å². The number of ether oxygens (including phenoxy) is 1. The Balaban J connectivity index is 1.48. The highest BCUT2D eigenvalue weighted by atomic mass is 35.5. The predicted octanol–water partition coefficient (Wildman–Crippen LogP) is 2.73. The van der Waals surface area contributed by atoms with Crippen LogP contribution in [0.3, 0.4) is 0 Å². The van der Waals surface area contributed by atoms with E-state index < -0.39 is 5.56 Å². The second kappa shape index (κ2) is 8.97. The molecule has 0 aliphatic rings. The molecule has 10 heteroatoms. The topological polar surface area (TPSA) is 104 Å². The van der Waals surface area contributed by atoms with Gasteiger partial charge in [0, 0.05) is 10.7 Å². The minimum atomic E-state index is -0.436. The number of nitrogens with one attached hydrogen (secondary N) is 1. The van der Waals surface area contributed by atoms with Crippen molar-refractivity contribution >= 4 is 34.4 Å². The summed E-state index contributed by atoms with van der Waals surface area (Å²) in [6, 6.07) is 14.3. The van der Waals surface area contributed by atoms with E-state index in [2.05, 4.69) is 20.6 Å². The molecule has 0 atom stereocenters. The molecular weight excluding hydrogens is 420 g/mol. The van der Waals surface area contributed by atoms with Crippen LogP contribution in [0.5, 0.6) is 5.75 Å². The zero-order valence-electron chi connectivity index (χ0n) is 16.7. The minimum Gasteiger partial charge on any atom is -0.494 e. The molecule has 158 valence electrons. The van der Waals surface area contributed by atoms with E-state index in [1.807, 2.05) is 19.1 Å². The van der Waals surface area contributed by atoms with Crippen molar-refractivity contribution in [1.29, 1.82) is 0 Å². The molecule has 0 radical (unpaired) electrons. The molecule has 4 rings (SSSR count). The Bertz CT molecular complexity index is 1270. The normalized spacial score (nSPS) is 10.9. The molecule has 0 saturated carbocycles. The van der Waals surface area contributed by atoms with Crippen LogP contribution in [0, 0.1) is 0 Å². The Morgan fingerprint density at radius 2 is 1.87 bits per heavy atom. The highest BCUT2D eigenvalue weighted by molar-refractivity contribution is 6.30. The van der Waals surface area contributed by atoms with Crippen molar-refractivity contribution in [3.63, 3.8) is 0 Å². The first-order valence-electron chi connectivity index (χ1n) is 9.59. The molecular formula is C21H19ClN6O3. The SMILES string of the molecule is CCOc1ccc(NC(=O)Cn2cnc3c(nnn3Cc3ccc(Cl)cc3)c2=O)cc1. The Morgan fingerprint density at radius 1 is 1.13 bits per heavy atom. The van der Waals surface area contributed by atoms with Gasteiger partial charge in [-0.3, -0.25) is 14.2 Å². The lowest BCUT2D eigenvalue weighted by atomic mass is 10.2. The summed E-state index contributed by atoms with van der Waals surface area (Å²) in [5.74, 6) is 0.356. The van der Waals surface area contributed by atoms with Gasteiger partial charge in [-0.25, -0.2) is 9.67 Å². The molecule has 2 aromatic heterocycles. The van der Waals surface area contributed by atoms with Gasteiger partial charge in [0.25, 0.3) is 5.56 Å². The van der Waals surface area contributed by atoms with Gasteiger partial charge in [-0.2, -0.15) is 0 Å². The van der Waals surface area contributed by atoms with Crippen LogP contribution in [0.2, 0.25) is 5.02 Å². The number of aromatic nitrogens is 5. The van der Waals surface area contributed by atoms with Gasteiger partial charge in [0.2, 0.25) is 5.91 Å². The Labute approximate surface area is 182 Å². The first-order chi connectivity index (χ1) is 15.0. The van der Waals surface area contributed by atoms with Crippen LogP contribution >= 0.6 is 11.6 Å². The van der Waals surface area contributed by atoms with Gasteiger partial charge in [0.15, 0.2) is 11.2 Å². The second-order valence-corrected chi connectivity index (χ2v) is 7.17. The van der Waals surface area contributed by atoms with Gasteiger partial charge < -0.3 is 10.1 Å². The van der Waals surface area contributed by atoms with Crippen molar-refractivity contribution in [3.05, 3.63) is 75.8 Å². The quantitative estimate of drug-likeness (QED) is 0.475. The molecule has 0 saturated heterocycles. The molecule has 0 spiro atoms. The Hall–Kier alpha value is -3.72. The largest absolute Gasteiger partial charge is 0.494 e. The van der Waals surface area contributed by atoms with Gasteiger partial charge >= 0.3 is 0 Å². The average Bonchev–Trinajstić information content (AvgIpc) is 3.17. The van der Waals surface area contributed by atoms with Crippen molar-refractivity contribution in [3.8, 4) is 5.75 Å². The molecule has 1 N–H and O–H groups in total. The number of anilines is 1. The highest BCUT2D eigenvalue weighted by Gasteiger charge is 2.14. The lowest BCUT2D eigenvalue weighted by Crippen LogP contribution is -2.28. The number of halogens is 1. The summed E-state index contributed by atoms with van der Waals surface area (Å²) in [5.41, 5.74) is 1.56. The number of hydrogen-bond donors (Lipinski definition) is 1. The fourth-order valence-electron chi connectivity index (χ4n) is 3.03. The van der Waals surface area contributed by atoms with Crippen molar-refractivity contribution in [1.82, 2.24) is 24.5 Å². The zero-order valence-corrected chi connectivity index (χ0v) is 17.4. The summed E-state index contributed by atoms with van der Waals surface area (Å²) in [4.78, 5) is 29.4. The van der Waals surface area contributed by atoms with Crippen molar-refractivity contribution in [2.75, 3.05) is 11.9 Å². The number of fused-ring (bicyclic) bond motifs is 1. The number of amides is 1. The zero-order chi connectivity index (χ0) is 21.8. The first-order valence-corrected chi connectivity index (χ1v) is 9.97. The summed E-state index contributed by atoms with van der Waals surface area (Å²) in [6.07, 6.45) is 1.32. The maximum atomic E-state index is 12.7. The molecule has 4 aromatic rings. The smallest absolute Gasteiger partial charge is 0.283 e. The number of nitrogens with zero attached hydrogens (tertiary/aromatic N) is 5. The van der Waals surface area contributed by atoms with Gasteiger partial charge in [0.1, 0.15) is 18.6 Å². The molecule has 2 aromatic carbocycles. The predicted molar refractivity (Wildman–Crippen MR) is 116 cm³/mol. The fraction of sp³-hybridized carbons (Fsp3) is 0.190. The average molecular weight is 439 g/mol. The molecule has 0 aliphatic carbocycles. The van der Waals surface area contributed by atoms with Gasteiger partial charge in [-0.15, -0.1) is 5.10 Å². The van der Waals surface area contributed by atoms with E-state index in [-0.39, 0.29) is 18.0 Å². The Morgan fingerprint density at radius 3 is 2.58 bits per heavy atom.